The van der Waals surface area contributed by atoms with Gasteiger partial charge in [0.15, 0.2) is 11.5 Å². The van der Waals surface area contributed by atoms with Crippen LogP contribution in [0, 0.1) is 6.92 Å². The van der Waals surface area contributed by atoms with Crippen LogP contribution in [0.25, 0.3) is 22.7 Å². The van der Waals surface area contributed by atoms with Crippen molar-refractivity contribution >= 4 is 17.0 Å². The third kappa shape index (κ3) is 1.71. The van der Waals surface area contributed by atoms with Crippen molar-refractivity contribution in [2.45, 2.75) is 6.92 Å². The summed E-state index contributed by atoms with van der Waals surface area (Å²) in [6, 6.07) is 5.74. The van der Waals surface area contributed by atoms with Crippen LogP contribution in [0.4, 0.5) is 5.82 Å². The number of hydrogen-bond donors (Lipinski definition) is 1. The molecule has 0 radical (unpaired) electrons. The Morgan fingerprint density at radius 2 is 2.06 bits per heavy atom. The number of aryl methyl sites for hydroxylation is 1. The molecule has 0 amide bonds. The van der Waals surface area contributed by atoms with Gasteiger partial charge in [0.05, 0.1) is 5.52 Å². The molecule has 0 fully saturated rings. The number of aromatic amines is 1. The molecule has 0 aliphatic rings. The van der Waals surface area contributed by atoms with Crippen LogP contribution in [0.2, 0.25) is 0 Å². The molecule has 3 heterocycles. The molecule has 0 spiro atoms. The number of anilines is 1. The zero-order chi connectivity index (χ0) is 12.7. The molecule has 92 valence electrons. The quantitative estimate of drug-likeness (QED) is 0.745. The predicted octanol–water partition coefficient (Wildman–Crippen LogP) is 1.99. The standard InChI is InChI=1S/C12H13N5O/c1-7-6-9(16-18-7)12-13-8-4-5-10(17(2)3)14-11(8)15-12/h4-6H,1-3H3,(H,13,14,15). The molecular formula is C12H13N5O. The molecule has 3 aromatic rings. The molecule has 0 aliphatic carbocycles. The smallest absolute Gasteiger partial charge is 0.180 e. The van der Waals surface area contributed by atoms with E-state index in [1.807, 2.05) is 44.1 Å². The van der Waals surface area contributed by atoms with Gasteiger partial charge in [0.25, 0.3) is 0 Å². The Labute approximate surface area is 104 Å². The van der Waals surface area contributed by atoms with E-state index < -0.39 is 0 Å². The number of hydrogen-bond acceptors (Lipinski definition) is 5. The lowest BCUT2D eigenvalue weighted by atomic mass is 10.4. The summed E-state index contributed by atoms with van der Waals surface area (Å²) in [7, 11) is 3.89. The first-order valence-electron chi connectivity index (χ1n) is 5.61. The molecule has 3 aromatic heterocycles. The van der Waals surface area contributed by atoms with Gasteiger partial charge in [-0.15, -0.1) is 0 Å². The van der Waals surface area contributed by atoms with Crippen LogP contribution >= 0.6 is 0 Å². The zero-order valence-corrected chi connectivity index (χ0v) is 10.4. The summed E-state index contributed by atoms with van der Waals surface area (Å²) in [6.07, 6.45) is 0. The van der Waals surface area contributed by atoms with E-state index in [0.717, 1.165) is 17.1 Å². The lowest BCUT2D eigenvalue weighted by molar-refractivity contribution is 0.399. The van der Waals surface area contributed by atoms with Crippen LogP contribution < -0.4 is 4.90 Å². The van der Waals surface area contributed by atoms with E-state index in [1.54, 1.807) is 0 Å². The SMILES string of the molecule is Cc1cc(-c2nc3nc(N(C)C)ccc3[nH]2)no1. The van der Waals surface area contributed by atoms with Crippen LogP contribution in [0.5, 0.6) is 0 Å². The monoisotopic (exact) mass is 243 g/mol. The molecule has 6 heteroatoms. The predicted molar refractivity (Wildman–Crippen MR) is 68.4 cm³/mol. The molecule has 0 saturated heterocycles. The molecule has 0 saturated carbocycles. The number of aromatic nitrogens is 4. The summed E-state index contributed by atoms with van der Waals surface area (Å²) in [4.78, 5) is 14.0. The van der Waals surface area contributed by atoms with E-state index in [9.17, 15) is 0 Å². The van der Waals surface area contributed by atoms with Crippen molar-refractivity contribution in [2.24, 2.45) is 0 Å². The lowest BCUT2D eigenvalue weighted by Crippen LogP contribution is -2.10. The van der Waals surface area contributed by atoms with E-state index in [1.165, 1.54) is 0 Å². The Morgan fingerprint density at radius 3 is 2.72 bits per heavy atom. The molecule has 0 bridgehead atoms. The fourth-order valence-corrected chi connectivity index (χ4v) is 1.73. The van der Waals surface area contributed by atoms with Crippen molar-refractivity contribution in [1.82, 2.24) is 20.1 Å². The number of fused-ring (bicyclic) bond motifs is 1. The van der Waals surface area contributed by atoms with E-state index in [2.05, 4.69) is 20.1 Å². The molecule has 0 aliphatic heterocycles. The minimum Gasteiger partial charge on any atom is -0.363 e. The molecule has 0 aromatic carbocycles. The summed E-state index contributed by atoms with van der Waals surface area (Å²) >= 11 is 0. The molecule has 3 rings (SSSR count). The van der Waals surface area contributed by atoms with Crippen molar-refractivity contribution < 1.29 is 4.52 Å². The van der Waals surface area contributed by atoms with E-state index in [-0.39, 0.29) is 0 Å². The first-order valence-corrected chi connectivity index (χ1v) is 5.61. The van der Waals surface area contributed by atoms with Gasteiger partial charge in [-0.25, -0.2) is 9.97 Å². The Hall–Kier alpha value is -2.37. The maximum atomic E-state index is 5.04. The first-order chi connectivity index (χ1) is 8.63. The highest BCUT2D eigenvalue weighted by atomic mass is 16.5. The average Bonchev–Trinajstić information content (AvgIpc) is 2.93. The largest absolute Gasteiger partial charge is 0.363 e. The Kier molecular flexibility index (Phi) is 2.29. The second-order valence-corrected chi connectivity index (χ2v) is 4.34. The van der Waals surface area contributed by atoms with Crippen LogP contribution in [0.3, 0.4) is 0 Å². The highest BCUT2D eigenvalue weighted by Gasteiger charge is 2.11. The molecule has 0 atom stereocenters. The van der Waals surface area contributed by atoms with Gasteiger partial charge < -0.3 is 14.4 Å². The number of pyridine rings is 1. The van der Waals surface area contributed by atoms with Crippen LogP contribution in [0.15, 0.2) is 22.7 Å². The summed E-state index contributed by atoms with van der Waals surface area (Å²) in [5.74, 6) is 2.30. The third-order valence-corrected chi connectivity index (χ3v) is 2.66. The van der Waals surface area contributed by atoms with Crippen LogP contribution in [-0.4, -0.2) is 34.2 Å². The summed E-state index contributed by atoms with van der Waals surface area (Å²) in [5, 5.41) is 3.93. The summed E-state index contributed by atoms with van der Waals surface area (Å²) in [5.41, 5.74) is 2.25. The Morgan fingerprint density at radius 1 is 1.22 bits per heavy atom. The van der Waals surface area contributed by atoms with E-state index in [0.29, 0.717) is 17.2 Å². The minimum atomic E-state index is 0.672. The Balaban J connectivity index is 2.11. The fraction of sp³-hybridized carbons (Fsp3) is 0.250. The highest BCUT2D eigenvalue weighted by molar-refractivity contribution is 5.76. The van der Waals surface area contributed by atoms with Gasteiger partial charge in [0.1, 0.15) is 17.3 Å². The van der Waals surface area contributed by atoms with Gasteiger partial charge in [-0.05, 0) is 19.1 Å². The number of imidazole rings is 1. The lowest BCUT2D eigenvalue weighted by Gasteiger charge is -2.09. The van der Waals surface area contributed by atoms with Gasteiger partial charge in [0, 0.05) is 20.2 Å². The van der Waals surface area contributed by atoms with Crippen molar-refractivity contribution in [3.63, 3.8) is 0 Å². The zero-order valence-electron chi connectivity index (χ0n) is 10.4. The van der Waals surface area contributed by atoms with E-state index >= 15 is 0 Å². The highest BCUT2D eigenvalue weighted by Crippen LogP contribution is 2.20. The number of H-pyrrole nitrogens is 1. The molecule has 0 unspecified atom stereocenters. The normalized spacial score (nSPS) is 11.1. The summed E-state index contributed by atoms with van der Waals surface area (Å²) in [6.45, 7) is 1.85. The number of nitrogens with zero attached hydrogens (tertiary/aromatic N) is 4. The second-order valence-electron chi connectivity index (χ2n) is 4.34. The maximum Gasteiger partial charge on any atom is 0.180 e. The molecule has 18 heavy (non-hydrogen) atoms. The summed E-state index contributed by atoms with van der Waals surface area (Å²) < 4.78 is 5.04. The van der Waals surface area contributed by atoms with Crippen LogP contribution in [0.1, 0.15) is 5.76 Å². The van der Waals surface area contributed by atoms with Crippen molar-refractivity contribution in [1.29, 1.82) is 0 Å². The van der Waals surface area contributed by atoms with Gasteiger partial charge in [0.2, 0.25) is 0 Å². The third-order valence-electron chi connectivity index (χ3n) is 2.66. The van der Waals surface area contributed by atoms with Crippen LogP contribution in [-0.2, 0) is 0 Å². The van der Waals surface area contributed by atoms with Gasteiger partial charge in [-0.2, -0.15) is 0 Å². The number of nitrogens with one attached hydrogen (secondary N) is 1. The Bertz CT molecular complexity index is 697. The molecule has 6 nitrogen and oxygen atoms in total. The van der Waals surface area contributed by atoms with Gasteiger partial charge in [-0.1, -0.05) is 5.16 Å². The van der Waals surface area contributed by atoms with Crippen molar-refractivity contribution in [2.75, 3.05) is 19.0 Å². The van der Waals surface area contributed by atoms with E-state index in [4.69, 9.17) is 4.52 Å². The van der Waals surface area contributed by atoms with Gasteiger partial charge in [-0.3, -0.25) is 0 Å². The molecule has 1 N–H and O–H groups in total. The average molecular weight is 243 g/mol. The number of rotatable bonds is 2. The van der Waals surface area contributed by atoms with Crippen molar-refractivity contribution in [3.8, 4) is 11.5 Å². The maximum absolute atomic E-state index is 5.04. The first kappa shape index (κ1) is 10.8. The fourth-order valence-electron chi connectivity index (χ4n) is 1.73. The van der Waals surface area contributed by atoms with Gasteiger partial charge >= 0.3 is 0 Å². The second kappa shape index (κ2) is 3.83. The molecular weight excluding hydrogens is 230 g/mol. The minimum absolute atomic E-state index is 0.672. The topological polar surface area (TPSA) is 70.8 Å². The van der Waals surface area contributed by atoms with Crippen molar-refractivity contribution in [3.05, 3.63) is 24.0 Å².